The lowest BCUT2D eigenvalue weighted by Crippen LogP contribution is -2.28. The lowest BCUT2D eigenvalue weighted by molar-refractivity contribution is 0.977. The highest BCUT2D eigenvalue weighted by Gasteiger charge is 1.98. The summed E-state index contributed by atoms with van der Waals surface area (Å²) >= 11 is 5.06. The van der Waals surface area contributed by atoms with Gasteiger partial charge in [-0.15, -0.1) is 0 Å². The van der Waals surface area contributed by atoms with E-state index in [4.69, 9.17) is 12.2 Å². The van der Waals surface area contributed by atoms with Crippen molar-refractivity contribution in [3.8, 4) is 0 Å². The number of rotatable bonds is 2. The van der Waals surface area contributed by atoms with Crippen LogP contribution in [0, 0.1) is 13.8 Å². The van der Waals surface area contributed by atoms with Crippen molar-refractivity contribution in [2.24, 2.45) is 0 Å². The van der Waals surface area contributed by atoms with Gasteiger partial charge < -0.3 is 10.6 Å². The fourth-order valence-corrected chi connectivity index (χ4v) is 1.48. The summed E-state index contributed by atoms with van der Waals surface area (Å²) < 4.78 is 0. The number of anilines is 1. The van der Waals surface area contributed by atoms with Gasteiger partial charge in [-0.25, -0.2) is 4.98 Å². The van der Waals surface area contributed by atoms with Gasteiger partial charge in [0.15, 0.2) is 5.11 Å². The van der Waals surface area contributed by atoms with Crippen molar-refractivity contribution in [2.75, 3.05) is 11.9 Å². The number of nitrogens with zero attached hydrogens (tertiary/aromatic N) is 1. The van der Waals surface area contributed by atoms with Gasteiger partial charge in [-0.2, -0.15) is 0 Å². The molecule has 0 atom stereocenters. The van der Waals surface area contributed by atoms with E-state index in [1.807, 2.05) is 32.9 Å². The molecule has 0 saturated heterocycles. The first-order valence-corrected chi connectivity index (χ1v) is 5.02. The van der Waals surface area contributed by atoms with Gasteiger partial charge in [0.1, 0.15) is 5.82 Å². The molecule has 1 rings (SSSR count). The van der Waals surface area contributed by atoms with E-state index < -0.39 is 0 Å². The predicted octanol–water partition coefficient (Wildman–Crippen LogP) is 2.00. The van der Waals surface area contributed by atoms with Gasteiger partial charge in [0, 0.05) is 12.2 Å². The number of aromatic nitrogens is 1. The van der Waals surface area contributed by atoms with Crippen LogP contribution in [0.15, 0.2) is 12.1 Å². The monoisotopic (exact) mass is 209 g/mol. The molecule has 0 aliphatic rings. The van der Waals surface area contributed by atoms with Gasteiger partial charge in [-0.1, -0.05) is 0 Å². The number of pyridine rings is 1. The van der Waals surface area contributed by atoms with Crippen LogP contribution in [0.1, 0.15) is 18.2 Å². The van der Waals surface area contributed by atoms with Crippen molar-refractivity contribution in [3.05, 3.63) is 23.4 Å². The molecular weight excluding hydrogens is 194 g/mol. The Hall–Kier alpha value is -1.16. The summed E-state index contributed by atoms with van der Waals surface area (Å²) in [6, 6.07) is 4.00. The van der Waals surface area contributed by atoms with E-state index in [2.05, 4.69) is 15.6 Å². The molecule has 0 bridgehead atoms. The molecular formula is C10H15N3S. The Balaban J connectivity index is 2.71. The smallest absolute Gasteiger partial charge is 0.171 e. The SMILES string of the molecule is CCNC(=S)Nc1cc(C)cc(C)n1. The standard InChI is InChI=1S/C10H15N3S/c1-4-11-10(14)13-9-6-7(2)5-8(3)12-9/h5-6H,4H2,1-3H3,(H2,11,12,13,14). The quantitative estimate of drug-likeness (QED) is 0.731. The van der Waals surface area contributed by atoms with Crippen LogP contribution in [-0.2, 0) is 0 Å². The summed E-state index contributed by atoms with van der Waals surface area (Å²) in [7, 11) is 0. The number of hydrogen-bond acceptors (Lipinski definition) is 2. The van der Waals surface area contributed by atoms with Crippen LogP contribution in [0.2, 0.25) is 0 Å². The molecule has 0 aliphatic carbocycles. The van der Waals surface area contributed by atoms with Crippen LogP contribution in [0.4, 0.5) is 5.82 Å². The number of nitrogens with one attached hydrogen (secondary N) is 2. The molecule has 14 heavy (non-hydrogen) atoms. The third-order valence-electron chi connectivity index (χ3n) is 1.68. The van der Waals surface area contributed by atoms with Crippen LogP contribution in [-0.4, -0.2) is 16.6 Å². The van der Waals surface area contributed by atoms with Crippen molar-refractivity contribution in [2.45, 2.75) is 20.8 Å². The second-order valence-corrected chi connectivity index (χ2v) is 3.56. The molecule has 0 amide bonds. The maximum atomic E-state index is 5.06. The maximum Gasteiger partial charge on any atom is 0.171 e. The van der Waals surface area contributed by atoms with Crippen molar-refractivity contribution in [1.29, 1.82) is 0 Å². The second kappa shape index (κ2) is 4.91. The highest BCUT2D eigenvalue weighted by Crippen LogP contribution is 2.08. The first kappa shape index (κ1) is 10.9. The Bertz CT molecular complexity index is 316. The Kier molecular flexibility index (Phi) is 3.83. The molecule has 1 heterocycles. The van der Waals surface area contributed by atoms with Gasteiger partial charge in [0.2, 0.25) is 0 Å². The molecule has 1 aromatic heterocycles. The first-order valence-electron chi connectivity index (χ1n) is 4.62. The summed E-state index contributed by atoms with van der Waals surface area (Å²) in [6.07, 6.45) is 0. The summed E-state index contributed by atoms with van der Waals surface area (Å²) in [5.74, 6) is 0.799. The largest absolute Gasteiger partial charge is 0.363 e. The normalized spacial score (nSPS) is 9.64. The van der Waals surface area contributed by atoms with Crippen molar-refractivity contribution >= 4 is 23.1 Å². The van der Waals surface area contributed by atoms with Crippen LogP contribution >= 0.6 is 12.2 Å². The molecule has 0 fully saturated rings. The summed E-state index contributed by atoms with van der Waals surface area (Å²) in [4.78, 5) is 4.32. The van der Waals surface area contributed by atoms with Gasteiger partial charge in [0.05, 0.1) is 0 Å². The predicted molar refractivity (Wildman–Crippen MR) is 63.6 cm³/mol. The zero-order chi connectivity index (χ0) is 10.6. The van der Waals surface area contributed by atoms with Crippen LogP contribution in [0.3, 0.4) is 0 Å². The van der Waals surface area contributed by atoms with Crippen molar-refractivity contribution in [1.82, 2.24) is 10.3 Å². The zero-order valence-electron chi connectivity index (χ0n) is 8.72. The molecule has 2 N–H and O–H groups in total. The van der Waals surface area contributed by atoms with E-state index in [0.717, 1.165) is 18.1 Å². The molecule has 0 unspecified atom stereocenters. The maximum absolute atomic E-state index is 5.06. The highest BCUT2D eigenvalue weighted by molar-refractivity contribution is 7.80. The molecule has 76 valence electrons. The Morgan fingerprint density at radius 1 is 1.43 bits per heavy atom. The Morgan fingerprint density at radius 2 is 2.14 bits per heavy atom. The van der Waals surface area contributed by atoms with Gasteiger partial charge in [0.25, 0.3) is 0 Å². The fraction of sp³-hybridized carbons (Fsp3) is 0.400. The number of thiocarbonyl (C=S) groups is 1. The van der Waals surface area contributed by atoms with Gasteiger partial charge in [-0.05, 0) is 50.7 Å². The minimum atomic E-state index is 0.616. The molecule has 0 radical (unpaired) electrons. The zero-order valence-corrected chi connectivity index (χ0v) is 9.53. The van der Waals surface area contributed by atoms with E-state index in [1.165, 1.54) is 5.56 Å². The van der Waals surface area contributed by atoms with Gasteiger partial charge in [-0.3, -0.25) is 0 Å². The fourth-order valence-electron chi connectivity index (χ4n) is 1.23. The number of aryl methyl sites for hydroxylation is 2. The molecule has 0 aromatic carbocycles. The van der Waals surface area contributed by atoms with Gasteiger partial charge >= 0.3 is 0 Å². The van der Waals surface area contributed by atoms with Crippen LogP contribution in [0.5, 0.6) is 0 Å². The molecule has 3 nitrogen and oxygen atoms in total. The van der Waals surface area contributed by atoms with E-state index in [9.17, 15) is 0 Å². The molecule has 0 spiro atoms. The average molecular weight is 209 g/mol. The molecule has 4 heteroatoms. The van der Waals surface area contributed by atoms with Crippen molar-refractivity contribution < 1.29 is 0 Å². The highest BCUT2D eigenvalue weighted by atomic mass is 32.1. The first-order chi connectivity index (χ1) is 6.61. The van der Waals surface area contributed by atoms with E-state index in [0.29, 0.717) is 5.11 Å². The summed E-state index contributed by atoms with van der Waals surface area (Å²) in [6.45, 7) is 6.82. The van der Waals surface area contributed by atoms with Crippen LogP contribution < -0.4 is 10.6 Å². The third kappa shape index (κ3) is 3.30. The average Bonchev–Trinajstić information content (AvgIpc) is 2.01. The topological polar surface area (TPSA) is 37.0 Å². The minimum Gasteiger partial charge on any atom is -0.363 e. The van der Waals surface area contributed by atoms with E-state index >= 15 is 0 Å². The Morgan fingerprint density at radius 3 is 2.71 bits per heavy atom. The van der Waals surface area contributed by atoms with E-state index in [-0.39, 0.29) is 0 Å². The summed E-state index contributed by atoms with van der Waals surface area (Å²) in [5.41, 5.74) is 2.17. The molecule has 1 aromatic rings. The lowest BCUT2D eigenvalue weighted by atomic mass is 10.2. The van der Waals surface area contributed by atoms with Crippen LogP contribution in [0.25, 0.3) is 0 Å². The summed E-state index contributed by atoms with van der Waals surface area (Å²) in [5, 5.41) is 6.66. The molecule has 0 saturated carbocycles. The third-order valence-corrected chi connectivity index (χ3v) is 1.92. The van der Waals surface area contributed by atoms with Crippen molar-refractivity contribution in [3.63, 3.8) is 0 Å². The lowest BCUT2D eigenvalue weighted by Gasteiger charge is -2.09. The number of hydrogen-bond donors (Lipinski definition) is 2. The van der Waals surface area contributed by atoms with E-state index in [1.54, 1.807) is 0 Å². The molecule has 0 aliphatic heterocycles. The Labute approximate surface area is 89.9 Å². The minimum absolute atomic E-state index is 0.616. The second-order valence-electron chi connectivity index (χ2n) is 3.16.